The Hall–Kier alpha value is -1.50. The van der Waals surface area contributed by atoms with Crippen molar-refractivity contribution >= 4 is 21.7 Å². The van der Waals surface area contributed by atoms with Gasteiger partial charge >= 0.3 is 0 Å². The summed E-state index contributed by atoms with van der Waals surface area (Å²) in [6, 6.07) is 0. The van der Waals surface area contributed by atoms with E-state index in [1.165, 1.54) is 0 Å². The lowest BCUT2D eigenvalue weighted by atomic mass is 10.1. The van der Waals surface area contributed by atoms with Crippen LogP contribution in [-0.4, -0.2) is 25.4 Å². The Bertz CT molecular complexity index is 508. The fraction of sp³-hybridized carbons (Fsp3) is 0.400. The quantitative estimate of drug-likeness (QED) is 0.901. The molecule has 0 bridgehead atoms. The third-order valence-electron chi connectivity index (χ3n) is 2.19. The smallest absolute Gasteiger partial charge is 0.184 e. The molecule has 0 aliphatic rings. The first-order valence-corrected chi connectivity index (χ1v) is 6.05. The van der Waals surface area contributed by atoms with Crippen molar-refractivity contribution in [2.24, 2.45) is 5.92 Å². The number of nitrogens with two attached hydrogens (primary N) is 1. The molecular weight excluding hydrogens is 284 g/mol. The zero-order valence-corrected chi connectivity index (χ0v) is 11.2. The Morgan fingerprint density at radius 3 is 2.76 bits per heavy atom. The highest BCUT2D eigenvalue weighted by atomic mass is 79.9. The van der Waals surface area contributed by atoms with E-state index in [1.807, 2.05) is 0 Å². The number of anilines is 1. The lowest BCUT2D eigenvalue weighted by Crippen LogP contribution is -2.05. The first-order valence-electron chi connectivity index (χ1n) is 5.26. The molecule has 90 valence electrons. The molecular formula is C10H13BrN6. The van der Waals surface area contributed by atoms with Gasteiger partial charge in [-0.1, -0.05) is 13.8 Å². The molecule has 0 saturated carbocycles. The monoisotopic (exact) mass is 296 g/mol. The Morgan fingerprint density at radius 1 is 1.41 bits per heavy atom. The summed E-state index contributed by atoms with van der Waals surface area (Å²) in [4.78, 5) is 8.64. The van der Waals surface area contributed by atoms with Crippen molar-refractivity contribution in [3.63, 3.8) is 0 Å². The van der Waals surface area contributed by atoms with E-state index in [-0.39, 0.29) is 0 Å². The minimum Gasteiger partial charge on any atom is -0.383 e. The van der Waals surface area contributed by atoms with Gasteiger partial charge in [0.05, 0.1) is 16.4 Å². The highest BCUT2D eigenvalue weighted by Crippen LogP contribution is 2.25. The lowest BCUT2D eigenvalue weighted by Gasteiger charge is -2.09. The van der Waals surface area contributed by atoms with E-state index in [1.54, 1.807) is 6.20 Å². The summed E-state index contributed by atoms with van der Waals surface area (Å²) in [5.41, 5.74) is 7.33. The van der Waals surface area contributed by atoms with Crippen LogP contribution in [0.25, 0.3) is 11.5 Å². The molecule has 0 saturated heterocycles. The molecule has 17 heavy (non-hydrogen) atoms. The summed E-state index contributed by atoms with van der Waals surface area (Å²) in [6.45, 7) is 4.25. The van der Waals surface area contributed by atoms with Gasteiger partial charge in [-0.2, -0.15) is 15.4 Å². The number of aromatic amines is 1. The third kappa shape index (κ3) is 2.60. The lowest BCUT2D eigenvalue weighted by molar-refractivity contribution is 0.632. The predicted molar refractivity (Wildman–Crippen MR) is 68.1 cm³/mol. The van der Waals surface area contributed by atoms with Gasteiger partial charge in [-0.15, -0.1) is 0 Å². The Balaban J connectivity index is 2.46. The second-order valence-electron chi connectivity index (χ2n) is 4.15. The fourth-order valence-electron chi connectivity index (χ4n) is 1.46. The molecule has 2 heterocycles. The average molecular weight is 297 g/mol. The standard InChI is InChI=1S/C10H13BrN6/c1-5(2)3-6-8(11)9(12)15-10(14-6)7-4-13-17-16-7/h4-5H,3H2,1-2H3,(H2,12,14,15)(H,13,16,17). The third-order valence-corrected chi connectivity index (χ3v) is 3.06. The minimum atomic E-state index is 0.425. The van der Waals surface area contributed by atoms with Gasteiger partial charge in [0.25, 0.3) is 0 Å². The number of aromatic nitrogens is 5. The van der Waals surface area contributed by atoms with Crippen molar-refractivity contribution in [1.82, 2.24) is 25.4 Å². The number of halogens is 1. The summed E-state index contributed by atoms with van der Waals surface area (Å²) in [5.74, 6) is 1.41. The van der Waals surface area contributed by atoms with E-state index in [0.717, 1.165) is 16.6 Å². The van der Waals surface area contributed by atoms with E-state index in [9.17, 15) is 0 Å². The SMILES string of the molecule is CC(C)Cc1nc(-c2cn[nH]n2)nc(N)c1Br. The Labute approximate surface area is 107 Å². The first kappa shape index (κ1) is 12.0. The molecule has 0 aliphatic carbocycles. The maximum Gasteiger partial charge on any atom is 0.184 e. The average Bonchev–Trinajstić information content (AvgIpc) is 2.77. The van der Waals surface area contributed by atoms with Crippen LogP contribution in [0.4, 0.5) is 5.82 Å². The van der Waals surface area contributed by atoms with E-state index >= 15 is 0 Å². The van der Waals surface area contributed by atoms with Crippen molar-refractivity contribution in [1.29, 1.82) is 0 Å². The molecule has 0 unspecified atom stereocenters. The molecule has 0 spiro atoms. The molecule has 2 aromatic heterocycles. The van der Waals surface area contributed by atoms with Crippen LogP contribution in [0, 0.1) is 5.92 Å². The molecule has 6 nitrogen and oxygen atoms in total. The first-order chi connectivity index (χ1) is 8.08. The summed E-state index contributed by atoms with van der Waals surface area (Å²) >= 11 is 3.41. The highest BCUT2D eigenvalue weighted by Gasteiger charge is 2.13. The molecule has 0 amide bonds. The summed E-state index contributed by atoms with van der Waals surface area (Å²) in [5, 5.41) is 10.2. The van der Waals surface area contributed by atoms with Gasteiger partial charge in [-0.05, 0) is 28.3 Å². The fourth-order valence-corrected chi connectivity index (χ4v) is 1.80. The molecule has 0 atom stereocenters. The summed E-state index contributed by atoms with van der Waals surface area (Å²) in [6.07, 6.45) is 2.40. The highest BCUT2D eigenvalue weighted by molar-refractivity contribution is 9.10. The van der Waals surface area contributed by atoms with Crippen LogP contribution >= 0.6 is 15.9 Å². The van der Waals surface area contributed by atoms with Crippen LogP contribution < -0.4 is 5.73 Å². The topological polar surface area (TPSA) is 93.4 Å². The number of rotatable bonds is 3. The van der Waals surface area contributed by atoms with Gasteiger partial charge in [0.2, 0.25) is 0 Å². The van der Waals surface area contributed by atoms with Crippen molar-refractivity contribution in [2.45, 2.75) is 20.3 Å². The molecule has 0 aromatic carbocycles. The van der Waals surface area contributed by atoms with E-state index in [4.69, 9.17) is 5.73 Å². The zero-order chi connectivity index (χ0) is 12.4. The molecule has 0 aliphatic heterocycles. The molecule has 2 rings (SSSR count). The predicted octanol–water partition coefficient (Wildman–Crippen LogP) is 1.80. The van der Waals surface area contributed by atoms with Crippen molar-refractivity contribution in [3.05, 3.63) is 16.4 Å². The molecule has 0 fully saturated rings. The van der Waals surface area contributed by atoms with Gasteiger partial charge in [-0.25, -0.2) is 9.97 Å². The van der Waals surface area contributed by atoms with Crippen LogP contribution in [0.1, 0.15) is 19.5 Å². The van der Waals surface area contributed by atoms with Gasteiger partial charge in [0.1, 0.15) is 11.5 Å². The maximum absolute atomic E-state index is 5.85. The Morgan fingerprint density at radius 2 is 2.18 bits per heavy atom. The molecule has 7 heteroatoms. The number of H-pyrrole nitrogens is 1. The maximum atomic E-state index is 5.85. The second kappa shape index (κ2) is 4.79. The van der Waals surface area contributed by atoms with Gasteiger partial charge in [0.15, 0.2) is 5.82 Å². The van der Waals surface area contributed by atoms with E-state index in [2.05, 4.69) is 55.2 Å². The van der Waals surface area contributed by atoms with Crippen LogP contribution in [-0.2, 0) is 6.42 Å². The van der Waals surface area contributed by atoms with Crippen LogP contribution in [0.2, 0.25) is 0 Å². The minimum absolute atomic E-state index is 0.425. The van der Waals surface area contributed by atoms with Gasteiger partial charge < -0.3 is 5.73 Å². The second-order valence-corrected chi connectivity index (χ2v) is 4.94. The number of nitrogens with one attached hydrogen (secondary N) is 1. The zero-order valence-electron chi connectivity index (χ0n) is 9.61. The van der Waals surface area contributed by atoms with Crippen molar-refractivity contribution < 1.29 is 0 Å². The normalized spacial score (nSPS) is 11.1. The molecule has 2 aromatic rings. The summed E-state index contributed by atoms with van der Waals surface area (Å²) in [7, 11) is 0. The Kier molecular flexibility index (Phi) is 3.37. The molecule has 0 radical (unpaired) electrons. The number of hydrogen-bond acceptors (Lipinski definition) is 5. The van der Waals surface area contributed by atoms with Crippen molar-refractivity contribution in [2.75, 3.05) is 5.73 Å². The molecule has 3 N–H and O–H groups in total. The van der Waals surface area contributed by atoms with Gasteiger partial charge in [0, 0.05) is 0 Å². The van der Waals surface area contributed by atoms with Crippen LogP contribution in [0.15, 0.2) is 10.7 Å². The number of nitrogen functional groups attached to an aromatic ring is 1. The largest absolute Gasteiger partial charge is 0.383 e. The van der Waals surface area contributed by atoms with E-state index < -0.39 is 0 Å². The number of hydrogen-bond donors (Lipinski definition) is 2. The summed E-state index contributed by atoms with van der Waals surface area (Å²) < 4.78 is 0.762. The van der Waals surface area contributed by atoms with E-state index in [0.29, 0.717) is 23.3 Å². The van der Waals surface area contributed by atoms with Crippen LogP contribution in [0.5, 0.6) is 0 Å². The van der Waals surface area contributed by atoms with Crippen molar-refractivity contribution in [3.8, 4) is 11.5 Å². The van der Waals surface area contributed by atoms with Crippen LogP contribution in [0.3, 0.4) is 0 Å². The number of nitrogens with zero attached hydrogens (tertiary/aromatic N) is 4. The van der Waals surface area contributed by atoms with Gasteiger partial charge in [-0.3, -0.25) is 0 Å².